The van der Waals surface area contributed by atoms with E-state index in [1.807, 2.05) is 30.0 Å². The zero-order valence-electron chi connectivity index (χ0n) is 17.0. The molecule has 6 nitrogen and oxygen atoms in total. The van der Waals surface area contributed by atoms with Gasteiger partial charge in [-0.25, -0.2) is 4.79 Å². The molecule has 2 aliphatic rings. The lowest BCUT2D eigenvalue weighted by molar-refractivity contribution is -0.129. The summed E-state index contributed by atoms with van der Waals surface area (Å²) in [6.07, 6.45) is 5.56. The van der Waals surface area contributed by atoms with E-state index in [1.165, 1.54) is 18.4 Å². The summed E-state index contributed by atoms with van der Waals surface area (Å²) >= 11 is 0. The molecule has 6 heteroatoms. The number of benzene rings is 1. The van der Waals surface area contributed by atoms with Gasteiger partial charge >= 0.3 is 6.03 Å². The largest absolute Gasteiger partial charge is 0.354 e. The Morgan fingerprint density at radius 2 is 1.71 bits per heavy atom. The van der Waals surface area contributed by atoms with E-state index in [1.54, 1.807) is 0 Å². The van der Waals surface area contributed by atoms with Crippen LogP contribution in [0.25, 0.3) is 0 Å². The third-order valence-electron chi connectivity index (χ3n) is 5.99. The number of hydrogen-bond acceptors (Lipinski definition) is 3. The second-order valence-electron chi connectivity index (χ2n) is 7.87. The van der Waals surface area contributed by atoms with Crippen LogP contribution in [0.4, 0.5) is 4.79 Å². The molecule has 0 bridgehead atoms. The number of piperazine rings is 1. The highest BCUT2D eigenvalue weighted by Gasteiger charge is 2.37. The summed E-state index contributed by atoms with van der Waals surface area (Å²) in [6, 6.07) is 10.2. The molecule has 3 rings (SSSR count). The molecule has 0 aromatic heterocycles. The first-order valence-electron chi connectivity index (χ1n) is 10.8. The minimum atomic E-state index is -0.0605. The molecule has 3 amide bonds. The highest BCUT2D eigenvalue weighted by atomic mass is 16.2. The summed E-state index contributed by atoms with van der Waals surface area (Å²) in [6.45, 7) is 6.16. The molecule has 1 heterocycles. The molecule has 1 aromatic carbocycles. The molecule has 0 unspecified atom stereocenters. The number of carbonyl (C=O) groups excluding carboxylic acids is 2. The quantitative estimate of drug-likeness (QED) is 0.755. The number of nitrogens with one attached hydrogen (secondary N) is 2. The van der Waals surface area contributed by atoms with Crippen LogP contribution in [0.15, 0.2) is 30.3 Å². The Morgan fingerprint density at radius 3 is 2.36 bits per heavy atom. The number of carbonyl (C=O) groups is 2. The molecule has 154 valence electrons. The van der Waals surface area contributed by atoms with Gasteiger partial charge in [-0.15, -0.1) is 0 Å². The average Bonchev–Trinajstić information content (AvgIpc) is 3.24. The van der Waals surface area contributed by atoms with Crippen LogP contribution in [0, 0.1) is 5.92 Å². The molecule has 28 heavy (non-hydrogen) atoms. The molecular weight excluding hydrogens is 352 g/mol. The Morgan fingerprint density at radius 1 is 1.04 bits per heavy atom. The number of urea groups is 1. The van der Waals surface area contributed by atoms with Crippen molar-refractivity contribution < 1.29 is 9.59 Å². The van der Waals surface area contributed by atoms with Gasteiger partial charge in [-0.2, -0.15) is 0 Å². The van der Waals surface area contributed by atoms with Gasteiger partial charge in [-0.1, -0.05) is 43.2 Å². The topological polar surface area (TPSA) is 64.7 Å². The Kier molecular flexibility index (Phi) is 7.71. The highest BCUT2D eigenvalue weighted by molar-refractivity contribution is 5.82. The summed E-state index contributed by atoms with van der Waals surface area (Å²) in [4.78, 5) is 29.3. The Labute approximate surface area is 168 Å². The molecule has 0 spiro atoms. The van der Waals surface area contributed by atoms with Crippen molar-refractivity contribution in [2.45, 2.75) is 45.1 Å². The predicted molar refractivity (Wildman–Crippen MR) is 111 cm³/mol. The molecule has 1 aliphatic carbocycles. The van der Waals surface area contributed by atoms with Crippen LogP contribution in [0.5, 0.6) is 0 Å². The van der Waals surface area contributed by atoms with Gasteiger partial charge in [0, 0.05) is 39.3 Å². The van der Waals surface area contributed by atoms with Crippen molar-refractivity contribution in [1.82, 2.24) is 20.4 Å². The van der Waals surface area contributed by atoms with Crippen LogP contribution in [-0.4, -0.2) is 67.0 Å². The highest BCUT2D eigenvalue weighted by Crippen LogP contribution is 2.31. The SMILES string of the molecule is CCNC(=O)N1CCN([C@H](C(=O)NCCc2ccccc2)C2CCCC2)CC1. The van der Waals surface area contributed by atoms with E-state index >= 15 is 0 Å². The first-order chi connectivity index (χ1) is 13.7. The Balaban J connectivity index is 1.55. The van der Waals surface area contributed by atoms with Crippen molar-refractivity contribution >= 4 is 11.9 Å². The van der Waals surface area contributed by atoms with Gasteiger partial charge in [0.15, 0.2) is 0 Å². The van der Waals surface area contributed by atoms with E-state index in [2.05, 4.69) is 27.7 Å². The fourth-order valence-corrected chi connectivity index (χ4v) is 4.50. The zero-order chi connectivity index (χ0) is 19.8. The monoisotopic (exact) mass is 386 g/mol. The van der Waals surface area contributed by atoms with Gasteiger partial charge in [0.2, 0.25) is 5.91 Å². The van der Waals surface area contributed by atoms with Crippen LogP contribution in [0.1, 0.15) is 38.2 Å². The second-order valence-corrected chi connectivity index (χ2v) is 7.87. The van der Waals surface area contributed by atoms with E-state index < -0.39 is 0 Å². The number of nitrogens with zero attached hydrogens (tertiary/aromatic N) is 2. The maximum Gasteiger partial charge on any atom is 0.317 e. The van der Waals surface area contributed by atoms with Gasteiger partial charge in [0.25, 0.3) is 0 Å². The maximum absolute atomic E-state index is 13.1. The van der Waals surface area contributed by atoms with Gasteiger partial charge in [-0.05, 0) is 37.7 Å². The third-order valence-corrected chi connectivity index (χ3v) is 5.99. The molecular formula is C22H34N4O2. The first-order valence-corrected chi connectivity index (χ1v) is 10.8. The number of rotatable bonds is 7. The van der Waals surface area contributed by atoms with Gasteiger partial charge < -0.3 is 15.5 Å². The molecule has 1 saturated carbocycles. The molecule has 0 radical (unpaired) electrons. The lowest BCUT2D eigenvalue weighted by atomic mass is 9.95. The summed E-state index contributed by atoms with van der Waals surface area (Å²) in [5, 5.41) is 6.06. The van der Waals surface area contributed by atoms with E-state index in [0.29, 0.717) is 32.1 Å². The predicted octanol–water partition coefficient (Wildman–Crippen LogP) is 2.25. The standard InChI is InChI=1S/C22H34N4O2/c1-2-23-22(28)26-16-14-25(15-17-26)20(19-10-6-7-11-19)21(27)24-13-12-18-8-4-3-5-9-18/h3-5,8-9,19-20H,2,6-7,10-17H2,1H3,(H,23,28)(H,24,27)/t20-/m0/s1. The molecule has 1 aliphatic heterocycles. The van der Waals surface area contributed by atoms with Crippen molar-refractivity contribution in [2.24, 2.45) is 5.92 Å². The van der Waals surface area contributed by atoms with Gasteiger partial charge in [0.1, 0.15) is 0 Å². The van der Waals surface area contributed by atoms with Crippen LogP contribution in [0.2, 0.25) is 0 Å². The second kappa shape index (κ2) is 10.5. The lowest BCUT2D eigenvalue weighted by Gasteiger charge is -2.40. The summed E-state index contributed by atoms with van der Waals surface area (Å²) in [5.41, 5.74) is 1.25. The van der Waals surface area contributed by atoms with Crippen molar-refractivity contribution in [2.75, 3.05) is 39.3 Å². The van der Waals surface area contributed by atoms with Crippen LogP contribution >= 0.6 is 0 Å². The van der Waals surface area contributed by atoms with E-state index in [9.17, 15) is 9.59 Å². The van der Waals surface area contributed by atoms with Crippen molar-refractivity contribution in [1.29, 1.82) is 0 Å². The van der Waals surface area contributed by atoms with Crippen molar-refractivity contribution in [3.63, 3.8) is 0 Å². The van der Waals surface area contributed by atoms with E-state index in [0.717, 1.165) is 32.4 Å². The summed E-state index contributed by atoms with van der Waals surface area (Å²) in [7, 11) is 0. The minimum Gasteiger partial charge on any atom is -0.354 e. The Hall–Kier alpha value is -2.08. The van der Waals surface area contributed by atoms with Crippen molar-refractivity contribution in [3.8, 4) is 0 Å². The van der Waals surface area contributed by atoms with Crippen LogP contribution < -0.4 is 10.6 Å². The molecule has 1 atom stereocenters. The molecule has 2 N–H and O–H groups in total. The van der Waals surface area contributed by atoms with Crippen LogP contribution in [-0.2, 0) is 11.2 Å². The smallest absolute Gasteiger partial charge is 0.317 e. The normalized spacial score (nSPS) is 19.4. The summed E-state index contributed by atoms with van der Waals surface area (Å²) < 4.78 is 0. The third kappa shape index (κ3) is 5.47. The Bertz CT molecular complexity index is 623. The minimum absolute atomic E-state index is 0.00637. The van der Waals surface area contributed by atoms with Gasteiger partial charge in [-0.3, -0.25) is 9.69 Å². The zero-order valence-corrected chi connectivity index (χ0v) is 17.0. The summed E-state index contributed by atoms with van der Waals surface area (Å²) in [5.74, 6) is 0.599. The van der Waals surface area contributed by atoms with Gasteiger partial charge in [0.05, 0.1) is 6.04 Å². The lowest BCUT2D eigenvalue weighted by Crippen LogP contribution is -2.59. The van der Waals surface area contributed by atoms with E-state index in [4.69, 9.17) is 0 Å². The molecule has 1 saturated heterocycles. The number of amides is 3. The fourth-order valence-electron chi connectivity index (χ4n) is 4.50. The molecule has 1 aromatic rings. The van der Waals surface area contributed by atoms with Crippen molar-refractivity contribution in [3.05, 3.63) is 35.9 Å². The molecule has 2 fully saturated rings. The average molecular weight is 387 g/mol. The maximum atomic E-state index is 13.1. The van der Waals surface area contributed by atoms with E-state index in [-0.39, 0.29) is 18.0 Å². The fraction of sp³-hybridized carbons (Fsp3) is 0.636. The first kappa shape index (κ1) is 20.6. The number of hydrogen-bond donors (Lipinski definition) is 2. The van der Waals surface area contributed by atoms with Crippen LogP contribution in [0.3, 0.4) is 0 Å².